The van der Waals surface area contributed by atoms with E-state index in [1.807, 2.05) is 13.0 Å². The van der Waals surface area contributed by atoms with Gasteiger partial charge in [0.1, 0.15) is 12.1 Å². The number of nitrogens with one attached hydrogen (secondary N) is 1. The number of nitrogens with zero attached hydrogens (tertiary/aromatic N) is 4. The molecule has 6 heteroatoms. The van der Waals surface area contributed by atoms with Crippen LogP contribution < -0.4 is 5.32 Å². The summed E-state index contributed by atoms with van der Waals surface area (Å²) in [4.78, 5) is 11.0. The maximum atomic E-state index is 4.31. The number of rotatable bonds is 3. The number of anilines is 1. The Morgan fingerprint density at radius 2 is 2.22 bits per heavy atom. The van der Waals surface area contributed by atoms with E-state index in [2.05, 4.69) is 39.4 Å². The Morgan fingerprint density at radius 1 is 1.33 bits per heavy atom. The predicted octanol–water partition coefficient (Wildman–Crippen LogP) is 2.41. The van der Waals surface area contributed by atoms with E-state index in [-0.39, 0.29) is 0 Å². The molecule has 0 atom stereocenters. The highest BCUT2D eigenvalue weighted by atomic mass is 32.1. The third-order valence-electron chi connectivity index (χ3n) is 2.62. The van der Waals surface area contributed by atoms with Crippen LogP contribution in [0.4, 0.5) is 5.82 Å². The van der Waals surface area contributed by atoms with Gasteiger partial charge in [-0.25, -0.2) is 4.98 Å². The van der Waals surface area contributed by atoms with Crippen LogP contribution in [0.2, 0.25) is 0 Å². The van der Waals surface area contributed by atoms with Crippen LogP contribution in [0.15, 0.2) is 24.5 Å². The van der Waals surface area contributed by atoms with Gasteiger partial charge >= 0.3 is 0 Å². The molecule has 0 radical (unpaired) electrons. The Labute approximate surface area is 109 Å². The van der Waals surface area contributed by atoms with E-state index in [0.717, 1.165) is 18.1 Å². The second-order valence-corrected chi connectivity index (χ2v) is 5.49. The van der Waals surface area contributed by atoms with Gasteiger partial charge in [0.05, 0.1) is 6.54 Å². The molecule has 0 aromatic carbocycles. The van der Waals surface area contributed by atoms with Gasteiger partial charge in [0.25, 0.3) is 5.78 Å². The average Bonchev–Trinajstić information content (AvgIpc) is 2.94. The molecule has 1 N–H and O–H groups in total. The summed E-state index contributed by atoms with van der Waals surface area (Å²) < 4.78 is 1.72. The van der Waals surface area contributed by atoms with Crippen molar-refractivity contribution in [3.63, 3.8) is 0 Å². The van der Waals surface area contributed by atoms with Crippen molar-refractivity contribution >= 4 is 22.9 Å². The maximum Gasteiger partial charge on any atom is 0.254 e. The molecule has 0 bridgehead atoms. The highest BCUT2D eigenvalue weighted by Gasteiger charge is 2.05. The van der Waals surface area contributed by atoms with Gasteiger partial charge in [0, 0.05) is 21.5 Å². The molecule has 3 rings (SSSR count). The molecule has 0 aliphatic rings. The van der Waals surface area contributed by atoms with Crippen molar-refractivity contribution in [1.82, 2.24) is 19.6 Å². The number of fused-ring (bicyclic) bond motifs is 1. The summed E-state index contributed by atoms with van der Waals surface area (Å²) in [5.41, 5.74) is 0.931. The van der Waals surface area contributed by atoms with E-state index in [1.54, 1.807) is 15.9 Å². The van der Waals surface area contributed by atoms with Gasteiger partial charge in [0.15, 0.2) is 0 Å². The average molecular weight is 259 g/mol. The topological polar surface area (TPSA) is 55.1 Å². The first-order valence-electron chi connectivity index (χ1n) is 5.69. The zero-order valence-corrected chi connectivity index (χ0v) is 11.0. The lowest BCUT2D eigenvalue weighted by Gasteiger charge is -2.07. The number of aromatic nitrogens is 4. The fraction of sp³-hybridized carbons (Fsp3) is 0.250. The molecule has 0 aliphatic carbocycles. The summed E-state index contributed by atoms with van der Waals surface area (Å²) in [5, 5.41) is 7.54. The Kier molecular flexibility index (Phi) is 2.71. The molecule has 0 saturated heterocycles. The first-order valence-corrected chi connectivity index (χ1v) is 6.50. The SMILES string of the molecule is Cc1cc(NCc2ccc(C)s2)n2ncnc2n1. The monoisotopic (exact) mass is 259 g/mol. The van der Waals surface area contributed by atoms with Crippen LogP contribution in [0.25, 0.3) is 5.78 Å². The Morgan fingerprint density at radius 3 is 3.00 bits per heavy atom. The molecule has 5 nitrogen and oxygen atoms in total. The zero-order chi connectivity index (χ0) is 12.5. The van der Waals surface area contributed by atoms with Crippen molar-refractivity contribution in [1.29, 1.82) is 0 Å². The fourth-order valence-electron chi connectivity index (χ4n) is 1.81. The van der Waals surface area contributed by atoms with E-state index in [0.29, 0.717) is 5.78 Å². The number of thiophene rings is 1. The number of hydrogen-bond donors (Lipinski definition) is 1. The first kappa shape index (κ1) is 11.2. The number of aryl methyl sites for hydroxylation is 2. The molecule has 18 heavy (non-hydrogen) atoms. The molecule has 3 aromatic heterocycles. The second-order valence-electron chi connectivity index (χ2n) is 4.12. The van der Waals surface area contributed by atoms with Crippen LogP contribution in [0.1, 0.15) is 15.4 Å². The minimum Gasteiger partial charge on any atom is -0.365 e. The lowest BCUT2D eigenvalue weighted by Crippen LogP contribution is -2.06. The summed E-state index contributed by atoms with van der Waals surface area (Å²) in [6.45, 7) is 4.85. The van der Waals surface area contributed by atoms with Gasteiger partial charge < -0.3 is 5.32 Å². The standard InChI is InChI=1S/C12H13N5S/c1-8-5-11(17-12(16-8)14-7-15-17)13-6-10-4-3-9(2)18-10/h3-5,7,13H,6H2,1-2H3. The Hall–Kier alpha value is -1.95. The molecular weight excluding hydrogens is 246 g/mol. The van der Waals surface area contributed by atoms with Gasteiger partial charge in [-0.15, -0.1) is 11.3 Å². The highest BCUT2D eigenvalue weighted by molar-refractivity contribution is 7.11. The summed E-state index contributed by atoms with van der Waals surface area (Å²) >= 11 is 1.80. The van der Waals surface area contributed by atoms with Crippen molar-refractivity contribution in [2.75, 3.05) is 5.32 Å². The third-order valence-corrected chi connectivity index (χ3v) is 3.62. The zero-order valence-electron chi connectivity index (χ0n) is 10.2. The van der Waals surface area contributed by atoms with Gasteiger partial charge in [-0.1, -0.05) is 0 Å². The van der Waals surface area contributed by atoms with Crippen LogP contribution in [0.3, 0.4) is 0 Å². The molecular formula is C12H13N5S. The smallest absolute Gasteiger partial charge is 0.254 e. The highest BCUT2D eigenvalue weighted by Crippen LogP contribution is 2.17. The minimum atomic E-state index is 0.625. The van der Waals surface area contributed by atoms with Crippen LogP contribution in [0, 0.1) is 13.8 Å². The maximum absolute atomic E-state index is 4.31. The first-order chi connectivity index (χ1) is 8.72. The lowest BCUT2D eigenvalue weighted by atomic mass is 10.4. The van der Waals surface area contributed by atoms with Crippen LogP contribution >= 0.6 is 11.3 Å². The summed E-state index contributed by atoms with van der Waals surface area (Å²) in [6, 6.07) is 6.24. The van der Waals surface area contributed by atoms with Crippen molar-refractivity contribution < 1.29 is 0 Å². The van der Waals surface area contributed by atoms with E-state index in [4.69, 9.17) is 0 Å². The van der Waals surface area contributed by atoms with Gasteiger partial charge in [0.2, 0.25) is 0 Å². The van der Waals surface area contributed by atoms with E-state index in [9.17, 15) is 0 Å². The summed E-state index contributed by atoms with van der Waals surface area (Å²) in [7, 11) is 0. The molecule has 3 heterocycles. The molecule has 3 aromatic rings. The molecule has 0 amide bonds. The van der Waals surface area contributed by atoms with E-state index >= 15 is 0 Å². The normalized spacial score (nSPS) is 11.0. The molecule has 0 saturated carbocycles. The Balaban J connectivity index is 1.87. The largest absolute Gasteiger partial charge is 0.365 e. The molecule has 0 fully saturated rings. The van der Waals surface area contributed by atoms with Crippen LogP contribution in [-0.2, 0) is 6.54 Å². The van der Waals surface area contributed by atoms with Gasteiger partial charge in [-0.2, -0.15) is 14.6 Å². The van der Waals surface area contributed by atoms with E-state index in [1.165, 1.54) is 16.1 Å². The summed E-state index contributed by atoms with van der Waals surface area (Å²) in [5.74, 6) is 1.54. The number of hydrogen-bond acceptors (Lipinski definition) is 5. The van der Waals surface area contributed by atoms with Crippen molar-refractivity contribution in [3.05, 3.63) is 40.0 Å². The lowest BCUT2D eigenvalue weighted by molar-refractivity contribution is 0.919. The molecule has 0 unspecified atom stereocenters. The molecule has 92 valence electrons. The second kappa shape index (κ2) is 4.38. The minimum absolute atomic E-state index is 0.625. The quantitative estimate of drug-likeness (QED) is 0.784. The van der Waals surface area contributed by atoms with Crippen molar-refractivity contribution in [2.45, 2.75) is 20.4 Å². The van der Waals surface area contributed by atoms with Crippen LogP contribution in [-0.4, -0.2) is 19.6 Å². The van der Waals surface area contributed by atoms with Crippen molar-refractivity contribution in [3.8, 4) is 0 Å². The van der Waals surface area contributed by atoms with Gasteiger partial charge in [-0.05, 0) is 26.0 Å². The van der Waals surface area contributed by atoms with E-state index < -0.39 is 0 Å². The third kappa shape index (κ3) is 2.06. The van der Waals surface area contributed by atoms with Gasteiger partial charge in [-0.3, -0.25) is 0 Å². The van der Waals surface area contributed by atoms with Crippen LogP contribution in [0.5, 0.6) is 0 Å². The van der Waals surface area contributed by atoms with Crippen molar-refractivity contribution in [2.24, 2.45) is 0 Å². The fourth-order valence-corrected chi connectivity index (χ4v) is 2.64. The molecule has 0 aliphatic heterocycles. The Bertz CT molecular complexity index is 685. The predicted molar refractivity (Wildman–Crippen MR) is 71.9 cm³/mol. The summed E-state index contributed by atoms with van der Waals surface area (Å²) in [6.07, 6.45) is 1.52. The molecule has 0 spiro atoms.